The summed E-state index contributed by atoms with van der Waals surface area (Å²) < 4.78 is 6.83. The van der Waals surface area contributed by atoms with Crippen molar-refractivity contribution < 1.29 is 14.0 Å². The highest BCUT2D eigenvalue weighted by molar-refractivity contribution is 5.91. The van der Waals surface area contributed by atoms with Gasteiger partial charge in [-0.05, 0) is 38.0 Å². The van der Waals surface area contributed by atoms with Crippen LogP contribution in [0.15, 0.2) is 47.3 Å². The maximum absolute atomic E-state index is 12.9. The maximum atomic E-state index is 12.9. The predicted molar refractivity (Wildman–Crippen MR) is 102 cm³/mol. The summed E-state index contributed by atoms with van der Waals surface area (Å²) in [4.78, 5) is 30.5. The molecule has 3 aromatic rings. The zero-order valence-electron chi connectivity index (χ0n) is 15.5. The van der Waals surface area contributed by atoms with Gasteiger partial charge in [-0.15, -0.1) is 5.10 Å². The van der Waals surface area contributed by atoms with Crippen molar-refractivity contribution in [2.24, 2.45) is 11.7 Å². The molecule has 144 valence electrons. The van der Waals surface area contributed by atoms with Crippen molar-refractivity contribution in [2.45, 2.75) is 19.8 Å². The molecular formula is C20H21N5O3. The van der Waals surface area contributed by atoms with Gasteiger partial charge in [-0.2, -0.15) is 0 Å². The number of nitrogens with two attached hydrogens (primary N) is 1. The molecule has 8 heteroatoms. The molecule has 0 aliphatic carbocycles. The molecule has 0 bridgehead atoms. The first-order valence-electron chi connectivity index (χ1n) is 9.18. The van der Waals surface area contributed by atoms with Gasteiger partial charge in [0.15, 0.2) is 5.82 Å². The summed E-state index contributed by atoms with van der Waals surface area (Å²) >= 11 is 0. The number of hydrogen-bond donors (Lipinski definition) is 1. The first kappa shape index (κ1) is 18.0. The molecule has 0 unspecified atom stereocenters. The summed E-state index contributed by atoms with van der Waals surface area (Å²) in [5, 5.41) is 4.48. The van der Waals surface area contributed by atoms with Gasteiger partial charge in [-0.3, -0.25) is 9.59 Å². The van der Waals surface area contributed by atoms with E-state index in [0.717, 1.165) is 16.8 Å². The molecule has 8 nitrogen and oxygen atoms in total. The molecule has 1 fully saturated rings. The normalized spacial score (nSPS) is 15.0. The highest BCUT2D eigenvalue weighted by atomic mass is 16.3. The molecule has 28 heavy (non-hydrogen) atoms. The Hall–Kier alpha value is -3.42. The molecule has 1 aliphatic heterocycles. The molecule has 3 heterocycles. The van der Waals surface area contributed by atoms with E-state index in [2.05, 4.69) is 10.1 Å². The van der Waals surface area contributed by atoms with Gasteiger partial charge in [0.1, 0.15) is 6.26 Å². The maximum Gasteiger partial charge on any atom is 0.293 e. The number of carbonyl (C=O) groups is 2. The summed E-state index contributed by atoms with van der Waals surface area (Å²) in [6.45, 7) is 2.94. The van der Waals surface area contributed by atoms with Gasteiger partial charge in [0.25, 0.3) is 5.91 Å². The lowest BCUT2D eigenvalue weighted by molar-refractivity contribution is -0.123. The lowest BCUT2D eigenvalue weighted by atomic mass is 9.96. The molecule has 1 aliphatic rings. The van der Waals surface area contributed by atoms with Crippen LogP contribution in [0.2, 0.25) is 0 Å². The van der Waals surface area contributed by atoms with E-state index in [1.807, 2.05) is 31.2 Å². The van der Waals surface area contributed by atoms with Crippen molar-refractivity contribution in [2.75, 3.05) is 13.1 Å². The lowest BCUT2D eigenvalue weighted by Crippen LogP contribution is -2.42. The number of aromatic nitrogens is 3. The van der Waals surface area contributed by atoms with Crippen LogP contribution in [0.3, 0.4) is 0 Å². The van der Waals surface area contributed by atoms with Gasteiger partial charge < -0.3 is 15.1 Å². The number of likely N-dealkylation sites (tertiary alicyclic amines) is 1. The smallest absolute Gasteiger partial charge is 0.293 e. The third kappa shape index (κ3) is 3.40. The minimum atomic E-state index is -0.309. The minimum absolute atomic E-state index is 0.120. The van der Waals surface area contributed by atoms with Gasteiger partial charge in [-0.1, -0.05) is 17.7 Å². The van der Waals surface area contributed by atoms with Gasteiger partial charge in [0, 0.05) is 19.0 Å². The van der Waals surface area contributed by atoms with E-state index >= 15 is 0 Å². The fourth-order valence-electron chi connectivity index (χ4n) is 3.36. The number of carbonyl (C=O) groups excluding carboxylic acids is 2. The van der Waals surface area contributed by atoms with Crippen LogP contribution >= 0.6 is 0 Å². The highest BCUT2D eigenvalue weighted by Crippen LogP contribution is 2.23. The van der Waals surface area contributed by atoms with E-state index in [-0.39, 0.29) is 23.6 Å². The number of rotatable bonds is 4. The number of nitrogens with zero attached hydrogens (tertiary/aromatic N) is 4. The SMILES string of the molecule is Cc1ccc(-n2nc(C(=O)N3CCC(C(N)=O)CC3)nc2-c2ccoc2)cc1. The summed E-state index contributed by atoms with van der Waals surface area (Å²) in [6, 6.07) is 9.60. The Bertz CT molecular complexity index is 984. The largest absolute Gasteiger partial charge is 0.472 e. The number of primary amides is 1. The van der Waals surface area contributed by atoms with Crippen LogP contribution in [0.1, 0.15) is 29.0 Å². The second-order valence-corrected chi connectivity index (χ2v) is 6.99. The summed E-state index contributed by atoms with van der Waals surface area (Å²) in [6.07, 6.45) is 4.25. The molecule has 1 aromatic carbocycles. The number of benzene rings is 1. The molecule has 0 spiro atoms. The number of piperidine rings is 1. The van der Waals surface area contributed by atoms with Crippen LogP contribution in [0.4, 0.5) is 0 Å². The summed E-state index contributed by atoms with van der Waals surface area (Å²) in [7, 11) is 0. The van der Waals surface area contributed by atoms with Crippen molar-refractivity contribution in [3.63, 3.8) is 0 Å². The molecular weight excluding hydrogens is 358 g/mol. The Labute approximate surface area is 162 Å². The molecule has 1 saturated heterocycles. The zero-order valence-corrected chi connectivity index (χ0v) is 15.5. The van der Waals surface area contributed by atoms with Crippen LogP contribution in [-0.4, -0.2) is 44.6 Å². The van der Waals surface area contributed by atoms with E-state index in [1.54, 1.807) is 28.2 Å². The van der Waals surface area contributed by atoms with Crippen molar-refractivity contribution in [3.05, 3.63) is 54.2 Å². The number of hydrogen-bond acceptors (Lipinski definition) is 5. The Kier molecular flexibility index (Phi) is 4.68. The quantitative estimate of drug-likeness (QED) is 0.747. The van der Waals surface area contributed by atoms with Gasteiger partial charge >= 0.3 is 0 Å². The fourth-order valence-corrected chi connectivity index (χ4v) is 3.36. The first-order chi connectivity index (χ1) is 13.5. The minimum Gasteiger partial charge on any atom is -0.472 e. The Balaban J connectivity index is 1.65. The second kappa shape index (κ2) is 7.30. The zero-order chi connectivity index (χ0) is 19.7. The van der Waals surface area contributed by atoms with Gasteiger partial charge in [0.2, 0.25) is 11.7 Å². The monoisotopic (exact) mass is 379 g/mol. The molecule has 2 amide bonds. The fraction of sp³-hybridized carbons (Fsp3) is 0.300. The Morgan fingerprint density at radius 2 is 1.86 bits per heavy atom. The number of furan rings is 1. The van der Waals surface area contributed by atoms with Crippen LogP contribution in [0, 0.1) is 12.8 Å². The van der Waals surface area contributed by atoms with Crippen LogP contribution in [-0.2, 0) is 4.79 Å². The van der Waals surface area contributed by atoms with Crippen molar-refractivity contribution >= 4 is 11.8 Å². The van der Waals surface area contributed by atoms with Crippen molar-refractivity contribution in [1.82, 2.24) is 19.7 Å². The van der Waals surface area contributed by atoms with E-state index in [4.69, 9.17) is 10.2 Å². The van der Waals surface area contributed by atoms with Crippen molar-refractivity contribution in [3.8, 4) is 17.1 Å². The van der Waals surface area contributed by atoms with Crippen LogP contribution in [0.5, 0.6) is 0 Å². The molecule has 2 N–H and O–H groups in total. The highest BCUT2D eigenvalue weighted by Gasteiger charge is 2.29. The van der Waals surface area contributed by atoms with Gasteiger partial charge in [0.05, 0.1) is 17.5 Å². The third-order valence-electron chi connectivity index (χ3n) is 5.04. The number of aryl methyl sites for hydroxylation is 1. The average Bonchev–Trinajstić information content (AvgIpc) is 3.38. The van der Waals surface area contributed by atoms with Crippen LogP contribution in [0.25, 0.3) is 17.1 Å². The summed E-state index contributed by atoms with van der Waals surface area (Å²) in [5.74, 6) is -0.0828. The molecule has 4 rings (SSSR count). The second-order valence-electron chi connectivity index (χ2n) is 6.99. The molecule has 0 atom stereocenters. The lowest BCUT2D eigenvalue weighted by Gasteiger charge is -2.29. The van der Waals surface area contributed by atoms with E-state index in [1.165, 1.54) is 0 Å². The summed E-state index contributed by atoms with van der Waals surface area (Å²) in [5.41, 5.74) is 8.04. The van der Waals surface area contributed by atoms with Crippen LogP contribution < -0.4 is 5.73 Å². The Morgan fingerprint density at radius 3 is 2.46 bits per heavy atom. The van der Waals surface area contributed by atoms with E-state index in [0.29, 0.717) is 31.8 Å². The average molecular weight is 379 g/mol. The predicted octanol–water partition coefficient (Wildman–Crippen LogP) is 2.17. The topological polar surface area (TPSA) is 107 Å². The van der Waals surface area contributed by atoms with E-state index < -0.39 is 0 Å². The van der Waals surface area contributed by atoms with Gasteiger partial charge in [-0.25, -0.2) is 9.67 Å². The first-order valence-corrected chi connectivity index (χ1v) is 9.18. The number of amides is 2. The van der Waals surface area contributed by atoms with Crippen molar-refractivity contribution in [1.29, 1.82) is 0 Å². The van der Waals surface area contributed by atoms with E-state index in [9.17, 15) is 9.59 Å². The molecule has 0 saturated carbocycles. The standard InChI is InChI=1S/C20H21N5O3/c1-13-2-4-16(5-3-13)25-19(15-8-11-28-12-15)22-18(23-25)20(27)24-9-6-14(7-10-24)17(21)26/h2-5,8,11-12,14H,6-7,9-10H2,1H3,(H2,21,26). The molecule has 2 aromatic heterocycles. The third-order valence-corrected chi connectivity index (χ3v) is 5.04. The Morgan fingerprint density at radius 1 is 1.14 bits per heavy atom. The molecule has 0 radical (unpaired) electrons.